The van der Waals surface area contributed by atoms with Gasteiger partial charge in [-0.25, -0.2) is 8.42 Å². The minimum absolute atomic E-state index is 0.251. The molecule has 0 spiro atoms. The van der Waals surface area contributed by atoms with Gasteiger partial charge in [0, 0.05) is 6.04 Å². The summed E-state index contributed by atoms with van der Waals surface area (Å²) in [4.78, 5) is 0. The predicted octanol–water partition coefficient (Wildman–Crippen LogP) is 1.56. The molecule has 18 heavy (non-hydrogen) atoms. The Morgan fingerprint density at radius 3 is 2.50 bits per heavy atom. The molecule has 1 aromatic carbocycles. The van der Waals surface area contributed by atoms with Gasteiger partial charge in [-0.2, -0.15) is 0 Å². The summed E-state index contributed by atoms with van der Waals surface area (Å²) in [6, 6.07) is 8.72. The van der Waals surface area contributed by atoms with Crippen LogP contribution >= 0.6 is 0 Å². The molecule has 0 amide bonds. The SMILES string of the molecule is CNC(Cc1ccc(C)cc1)C1CCS(=O)(=O)C1. The topological polar surface area (TPSA) is 46.2 Å². The third-order valence-corrected chi connectivity index (χ3v) is 5.58. The van der Waals surface area contributed by atoms with Crippen molar-refractivity contribution in [1.29, 1.82) is 0 Å². The van der Waals surface area contributed by atoms with Gasteiger partial charge in [-0.3, -0.25) is 0 Å². The van der Waals surface area contributed by atoms with E-state index in [-0.39, 0.29) is 12.0 Å². The zero-order chi connectivity index (χ0) is 13.2. The summed E-state index contributed by atoms with van der Waals surface area (Å²) in [6.07, 6.45) is 1.69. The third kappa shape index (κ3) is 3.33. The average Bonchev–Trinajstić information content (AvgIpc) is 2.69. The summed E-state index contributed by atoms with van der Waals surface area (Å²) in [5.41, 5.74) is 2.52. The first kappa shape index (κ1) is 13.6. The molecule has 1 heterocycles. The van der Waals surface area contributed by atoms with E-state index in [1.165, 1.54) is 11.1 Å². The predicted molar refractivity (Wildman–Crippen MR) is 74.5 cm³/mol. The highest BCUT2D eigenvalue weighted by atomic mass is 32.2. The third-order valence-electron chi connectivity index (χ3n) is 3.78. The van der Waals surface area contributed by atoms with E-state index >= 15 is 0 Å². The first-order valence-electron chi connectivity index (χ1n) is 6.43. The number of likely N-dealkylation sites (N-methyl/N-ethyl adjacent to an activating group) is 1. The molecule has 0 radical (unpaired) electrons. The molecule has 2 unspecified atom stereocenters. The van der Waals surface area contributed by atoms with Gasteiger partial charge in [0.15, 0.2) is 9.84 Å². The fraction of sp³-hybridized carbons (Fsp3) is 0.571. The van der Waals surface area contributed by atoms with Crippen molar-refractivity contribution in [3.8, 4) is 0 Å². The molecule has 1 aromatic rings. The van der Waals surface area contributed by atoms with Gasteiger partial charge >= 0.3 is 0 Å². The van der Waals surface area contributed by atoms with Crippen molar-refractivity contribution in [2.24, 2.45) is 5.92 Å². The van der Waals surface area contributed by atoms with E-state index in [9.17, 15) is 8.42 Å². The number of nitrogens with one attached hydrogen (secondary N) is 1. The second-order valence-electron chi connectivity index (χ2n) is 5.25. The van der Waals surface area contributed by atoms with E-state index in [1.807, 2.05) is 7.05 Å². The lowest BCUT2D eigenvalue weighted by atomic mass is 9.93. The lowest BCUT2D eigenvalue weighted by molar-refractivity contribution is 0.403. The minimum atomic E-state index is -2.79. The van der Waals surface area contributed by atoms with Crippen LogP contribution in [-0.2, 0) is 16.3 Å². The molecule has 1 aliphatic heterocycles. The van der Waals surface area contributed by atoms with Crippen LogP contribution in [0.3, 0.4) is 0 Å². The first-order chi connectivity index (χ1) is 8.50. The number of rotatable bonds is 4. The number of hydrogen-bond acceptors (Lipinski definition) is 3. The normalized spacial score (nSPS) is 24.0. The van der Waals surface area contributed by atoms with Gasteiger partial charge in [-0.15, -0.1) is 0 Å². The van der Waals surface area contributed by atoms with E-state index in [0.717, 1.165) is 12.8 Å². The highest BCUT2D eigenvalue weighted by Crippen LogP contribution is 2.23. The molecule has 0 aromatic heterocycles. The summed E-state index contributed by atoms with van der Waals surface area (Å²) < 4.78 is 23.1. The monoisotopic (exact) mass is 267 g/mol. The van der Waals surface area contributed by atoms with Gasteiger partial charge in [0.1, 0.15) is 0 Å². The van der Waals surface area contributed by atoms with Crippen molar-refractivity contribution in [2.45, 2.75) is 25.8 Å². The van der Waals surface area contributed by atoms with Crippen LogP contribution in [0.15, 0.2) is 24.3 Å². The second-order valence-corrected chi connectivity index (χ2v) is 7.48. The van der Waals surface area contributed by atoms with E-state index in [2.05, 4.69) is 36.5 Å². The summed E-state index contributed by atoms with van der Waals surface area (Å²) in [6.45, 7) is 2.07. The van der Waals surface area contributed by atoms with Crippen LogP contribution in [0.5, 0.6) is 0 Å². The van der Waals surface area contributed by atoms with E-state index in [4.69, 9.17) is 0 Å². The van der Waals surface area contributed by atoms with Crippen LogP contribution in [0.25, 0.3) is 0 Å². The van der Waals surface area contributed by atoms with E-state index < -0.39 is 9.84 Å². The Balaban J connectivity index is 2.04. The van der Waals surface area contributed by atoms with Gasteiger partial charge < -0.3 is 5.32 Å². The number of benzene rings is 1. The van der Waals surface area contributed by atoms with Crippen LogP contribution in [-0.4, -0.2) is 33.0 Å². The Morgan fingerprint density at radius 2 is 2.00 bits per heavy atom. The highest BCUT2D eigenvalue weighted by Gasteiger charge is 2.32. The Morgan fingerprint density at radius 1 is 1.33 bits per heavy atom. The fourth-order valence-corrected chi connectivity index (χ4v) is 4.50. The molecule has 2 atom stereocenters. The number of sulfone groups is 1. The van der Waals surface area contributed by atoms with E-state index in [1.54, 1.807) is 0 Å². The molecule has 1 fully saturated rings. The molecule has 100 valence electrons. The average molecular weight is 267 g/mol. The van der Waals surface area contributed by atoms with Crippen molar-refractivity contribution in [3.05, 3.63) is 35.4 Å². The lowest BCUT2D eigenvalue weighted by Gasteiger charge is -2.22. The fourth-order valence-electron chi connectivity index (χ4n) is 2.62. The Hall–Kier alpha value is -0.870. The maximum atomic E-state index is 11.5. The first-order valence-corrected chi connectivity index (χ1v) is 8.25. The van der Waals surface area contributed by atoms with Crippen LogP contribution in [0.2, 0.25) is 0 Å². The molecule has 0 bridgehead atoms. The Bertz CT molecular complexity index is 493. The quantitative estimate of drug-likeness (QED) is 0.900. The van der Waals surface area contributed by atoms with Crippen LogP contribution in [0, 0.1) is 12.8 Å². The molecule has 4 heteroatoms. The summed E-state index contributed by atoms with van der Waals surface area (Å²) >= 11 is 0. The Kier molecular flexibility index (Phi) is 4.07. The molecule has 2 rings (SSSR count). The van der Waals surface area contributed by atoms with Crippen molar-refractivity contribution in [2.75, 3.05) is 18.6 Å². The summed E-state index contributed by atoms with van der Waals surface area (Å²) in [5, 5.41) is 3.28. The molecule has 0 saturated carbocycles. The smallest absolute Gasteiger partial charge is 0.150 e. The largest absolute Gasteiger partial charge is 0.316 e. The van der Waals surface area contributed by atoms with Crippen LogP contribution in [0.1, 0.15) is 17.5 Å². The minimum Gasteiger partial charge on any atom is -0.316 e. The molecule has 3 nitrogen and oxygen atoms in total. The van der Waals surface area contributed by atoms with Crippen molar-refractivity contribution in [1.82, 2.24) is 5.32 Å². The van der Waals surface area contributed by atoms with Gasteiger partial charge in [-0.1, -0.05) is 29.8 Å². The number of hydrogen-bond donors (Lipinski definition) is 1. The summed E-state index contributed by atoms with van der Waals surface area (Å²) in [5.74, 6) is 0.940. The molecule has 1 aliphatic rings. The van der Waals surface area contributed by atoms with Gasteiger partial charge in [0.05, 0.1) is 11.5 Å². The van der Waals surface area contributed by atoms with Crippen LogP contribution < -0.4 is 5.32 Å². The second kappa shape index (κ2) is 5.41. The maximum Gasteiger partial charge on any atom is 0.150 e. The number of aryl methyl sites for hydroxylation is 1. The van der Waals surface area contributed by atoms with E-state index in [0.29, 0.717) is 11.5 Å². The van der Waals surface area contributed by atoms with Gasteiger partial charge in [0.25, 0.3) is 0 Å². The Labute approximate surface area is 110 Å². The molecular formula is C14H21NO2S. The molecule has 1 saturated heterocycles. The molecule has 0 aliphatic carbocycles. The summed E-state index contributed by atoms with van der Waals surface area (Å²) in [7, 11) is -0.869. The molecule has 1 N–H and O–H groups in total. The zero-order valence-electron chi connectivity index (χ0n) is 11.0. The van der Waals surface area contributed by atoms with Crippen molar-refractivity contribution < 1.29 is 8.42 Å². The standard InChI is InChI=1S/C14H21NO2S/c1-11-3-5-12(6-4-11)9-14(15-2)13-7-8-18(16,17)10-13/h3-6,13-15H,7-10H2,1-2H3. The lowest BCUT2D eigenvalue weighted by Crippen LogP contribution is -2.36. The van der Waals surface area contributed by atoms with Gasteiger partial charge in [0.2, 0.25) is 0 Å². The van der Waals surface area contributed by atoms with Gasteiger partial charge in [-0.05, 0) is 38.3 Å². The maximum absolute atomic E-state index is 11.5. The molecular weight excluding hydrogens is 246 g/mol. The zero-order valence-corrected chi connectivity index (χ0v) is 11.8. The van der Waals surface area contributed by atoms with Crippen molar-refractivity contribution in [3.63, 3.8) is 0 Å². The highest BCUT2D eigenvalue weighted by molar-refractivity contribution is 7.91. The van der Waals surface area contributed by atoms with Crippen LogP contribution in [0.4, 0.5) is 0 Å². The van der Waals surface area contributed by atoms with Crippen molar-refractivity contribution >= 4 is 9.84 Å².